The van der Waals surface area contributed by atoms with Crippen molar-refractivity contribution in [1.29, 1.82) is 0 Å². The largest absolute Gasteiger partial charge is 0.468 e. The van der Waals surface area contributed by atoms with Crippen molar-refractivity contribution in [2.24, 2.45) is 0 Å². The van der Waals surface area contributed by atoms with E-state index in [2.05, 4.69) is 29.2 Å². The minimum absolute atomic E-state index is 0.0814. The number of carbonyl (C=O) groups is 1. The average Bonchev–Trinajstić information content (AvgIpc) is 3.07. The van der Waals surface area contributed by atoms with Gasteiger partial charge in [-0.25, -0.2) is 13.5 Å². The normalized spacial score (nSPS) is 10.9. The minimum atomic E-state index is -0.790. The van der Waals surface area contributed by atoms with Gasteiger partial charge in [-0.3, -0.25) is 4.79 Å². The fraction of sp³-hybridized carbons (Fsp3) is 0.412. The summed E-state index contributed by atoms with van der Waals surface area (Å²) in [7, 11) is 0. The second-order valence-electron chi connectivity index (χ2n) is 5.37. The number of rotatable bonds is 9. The summed E-state index contributed by atoms with van der Waals surface area (Å²) >= 11 is 0. The highest BCUT2D eigenvalue weighted by atomic mass is 19.1. The van der Waals surface area contributed by atoms with Crippen LogP contribution >= 0.6 is 0 Å². The van der Waals surface area contributed by atoms with E-state index in [0.717, 1.165) is 31.8 Å². The molecule has 0 fully saturated rings. The molecule has 0 atom stereocenters. The first-order valence-corrected chi connectivity index (χ1v) is 8.15. The van der Waals surface area contributed by atoms with Gasteiger partial charge in [-0.15, -0.1) is 0 Å². The molecule has 1 aromatic carbocycles. The van der Waals surface area contributed by atoms with E-state index in [4.69, 9.17) is 4.74 Å². The van der Waals surface area contributed by atoms with E-state index in [0.29, 0.717) is 6.54 Å². The van der Waals surface area contributed by atoms with Crippen LogP contribution in [0, 0.1) is 11.6 Å². The number of hydrogen-bond acceptors (Lipinski definition) is 4. The summed E-state index contributed by atoms with van der Waals surface area (Å²) in [6.07, 6.45) is 1.56. The third-order valence-corrected chi connectivity index (χ3v) is 3.73. The molecular weight excluding hydrogens is 330 g/mol. The number of likely N-dealkylation sites (N-methyl/N-ethyl adjacent to an activating group) is 1. The van der Waals surface area contributed by atoms with Gasteiger partial charge in [-0.1, -0.05) is 13.8 Å². The maximum atomic E-state index is 13.5. The number of hydrogen-bond donors (Lipinski definition) is 1. The van der Waals surface area contributed by atoms with E-state index in [1.807, 2.05) is 0 Å². The van der Waals surface area contributed by atoms with Gasteiger partial charge in [0.15, 0.2) is 18.3 Å². The second kappa shape index (κ2) is 9.12. The maximum absolute atomic E-state index is 13.5. The van der Waals surface area contributed by atoms with E-state index < -0.39 is 11.6 Å². The molecule has 0 saturated carbocycles. The molecule has 2 rings (SSSR count). The number of carbonyl (C=O) groups excluding carboxylic acids is 1. The van der Waals surface area contributed by atoms with E-state index in [1.165, 1.54) is 10.7 Å². The van der Waals surface area contributed by atoms with Crippen molar-refractivity contribution >= 4 is 5.91 Å². The molecule has 0 radical (unpaired) electrons. The van der Waals surface area contributed by atoms with Gasteiger partial charge in [0.25, 0.3) is 5.91 Å². The molecule has 6 nitrogen and oxygen atoms in total. The number of halogens is 2. The summed E-state index contributed by atoms with van der Waals surface area (Å²) in [5.74, 6) is -1.82. The summed E-state index contributed by atoms with van der Waals surface area (Å²) < 4.78 is 32.9. The second-order valence-corrected chi connectivity index (χ2v) is 5.37. The van der Waals surface area contributed by atoms with Crippen molar-refractivity contribution in [3.63, 3.8) is 0 Å². The van der Waals surface area contributed by atoms with Crippen molar-refractivity contribution < 1.29 is 18.3 Å². The van der Waals surface area contributed by atoms with E-state index in [9.17, 15) is 13.6 Å². The number of nitrogens with one attached hydrogen (secondary N) is 1. The lowest BCUT2D eigenvalue weighted by Gasteiger charge is -2.17. The lowest BCUT2D eigenvalue weighted by atomic mass is 10.3. The summed E-state index contributed by atoms with van der Waals surface area (Å²) in [4.78, 5) is 14.2. The number of benzene rings is 1. The Hall–Kier alpha value is -2.48. The molecule has 0 spiro atoms. The monoisotopic (exact) mass is 352 g/mol. The Morgan fingerprint density at radius 3 is 2.72 bits per heavy atom. The van der Waals surface area contributed by atoms with Crippen molar-refractivity contribution in [2.45, 2.75) is 20.6 Å². The number of ether oxygens (including phenoxy) is 1. The zero-order valence-corrected chi connectivity index (χ0v) is 14.3. The molecule has 1 N–H and O–H groups in total. The lowest BCUT2D eigenvalue weighted by molar-refractivity contribution is 0.0941. The summed E-state index contributed by atoms with van der Waals surface area (Å²) in [5.41, 5.74) is 0.253. The molecule has 8 heteroatoms. The Bertz CT molecular complexity index is 702. The van der Waals surface area contributed by atoms with Crippen LogP contribution in [0.1, 0.15) is 24.3 Å². The minimum Gasteiger partial charge on any atom is -0.468 e. The van der Waals surface area contributed by atoms with Crippen molar-refractivity contribution in [3.05, 3.63) is 47.8 Å². The lowest BCUT2D eigenvalue weighted by Crippen LogP contribution is -2.35. The van der Waals surface area contributed by atoms with Crippen LogP contribution in [0.3, 0.4) is 0 Å². The van der Waals surface area contributed by atoms with Gasteiger partial charge in [-0.05, 0) is 31.3 Å². The maximum Gasteiger partial charge on any atom is 0.271 e. The average molecular weight is 352 g/mol. The Balaban J connectivity index is 1.83. The number of amides is 1. The topological polar surface area (TPSA) is 59.4 Å². The highest BCUT2D eigenvalue weighted by Crippen LogP contribution is 2.17. The molecular formula is C17H22F2N4O2. The third-order valence-electron chi connectivity index (χ3n) is 3.73. The quantitative estimate of drug-likeness (QED) is 0.752. The first kappa shape index (κ1) is 18.9. The highest BCUT2D eigenvalue weighted by molar-refractivity contribution is 5.92. The molecule has 0 aliphatic rings. The fourth-order valence-corrected chi connectivity index (χ4v) is 2.24. The third kappa shape index (κ3) is 5.53. The predicted molar refractivity (Wildman–Crippen MR) is 89.3 cm³/mol. The Morgan fingerprint density at radius 2 is 2.04 bits per heavy atom. The van der Waals surface area contributed by atoms with Gasteiger partial charge >= 0.3 is 0 Å². The van der Waals surface area contributed by atoms with Crippen LogP contribution in [0.25, 0.3) is 0 Å². The van der Waals surface area contributed by atoms with E-state index >= 15 is 0 Å². The van der Waals surface area contributed by atoms with Crippen molar-refractivity contribution in [1.82, 2.24) is 20.0 Å². The fourth-order valence-electron chi connectivity index (χ4n) is 2.24. The predicted octanol–water partition coefficient (Wildman–Crippen LogP) is 2.27. The van der Waals surface area contributed by atoms with Crippen molar-refractivity contribution in [2.75, 3.05) is 26.2 Å². The molecule has 136 valence electrons. The van der Waals surface area contributed by atoms with Gasteiger partial charge < -0.3 is 15.0 Å². The zero-order chi connectivity index (χ0) is 18.2. The van der Waals surface area contributed by atoms with Gasteiger partial charge in [0.1, 0.15) is 11.5 Å². The molecule has 25 heavy (non-hydrogen) atoms. The van der Waals surface area contributed by atoms with Gasteiger partial charge in [0.05, 0.1) is 0 Å². The SMILES string of the molecule is CCN(CC)CCNC(=O)c1ccn(COc2ccc(F)cc2F)n1. The molecule has 0 aliphatic carbocycles. The number of aromatic nitrogens is 2. The molecule has 0 bridgehead atoms. The number of nitrogens with zero attached hydrogens (tertiary/aromatic N) is 3. The Kier molecular flexibility index (Phi) is 6.88. The molecule has 0 aliphatic heterocycles. The van der Waals surface area contributed by atoms with E-state index in [-0.39, 0.29) is 24.1 Å². The molecule has 1 amide bonds. The van der Waals surface area contributed by atoms with Gasteiger partial charge in [0, 0.05) is 25.4 Å². The van der Waals surface area contributed by atoms with Crippen LogP contribution in [0.15, 0.2) is 30.5 Å². The molecule has 0 unspecified atom stereocenters. The van der Waals surface area contributed by atoms with E-state index in [1.54, 1.807) is 12.3 Å². The first-order chi connectivity index (χ1) is 12.0. The van der Waals surface area contributed by atoms with Crippen LogP contribution in [0.2, 0.25) is 0 Å². The molecule has 2 aromatic rings. The standard InChI is InChI=1S/C17H22F2N4O2/c1-3-22(4-2)10-8-20-17(24)15-7-9-23(21-15)12-25-16-6-5-13(18)11-14(16)19/h5-7,9,11H,3-4,8,10,12H2,1-2H3,(H,20,24). The van der Waals surface area contributed by atoms with Crippen LogP contribution in [0.5, 0.6) is 5.75 Å². The van der Waals surface area contributed by atoms with Gasteiger partial charge in [0.2, 0.25) is 0 Å². The van der Waals surface area contributed by atoms with Crippen LogP contribution in [-0.2, 0) is 6.73 Å². The van der Waals surface area contributed by atoms with Crippen LogP contribution < -0.4 is 10.1 Å². The molecule has 1 heterocycles. The molecule has 0 saturated heterocycles. The smallest absolute Gasteiger partial charge is 0.271 e. The zero-order valence-electron chi connectivity index (χ0n) is 14.3. The van der Waals surface area contributed by atoms with Gasteiger partial charge in [-0.2, -0.15) is 5.10 Å². The Morgan fingerprint density at radius 1 is 1.28 bits per heavy atom. The summed E-state index contributed by atoms with van der Waals surface area (Å²) in [6, 6.07) is 4.61. The van der Waals surface area contributed by atoms with Crippen LogP contribution in [-0.4, -0.2) is 46.8 Å². The van der Waals surface area contributed by atoms with Crippen LogP contribution in [0.4, 0.5) is 8.78 Å². The van der Waals surface area contributed by atoms with Crippen molar-refractivity contribution in [3.8, 4) is 5.75 Å². The summed E-state index contributed by atoms with van der Waals surface area (Å²) in [6.45, 7) is 7.21. The first-order valence-electron chi connectivity index (χ1n) is 8.15. The molecule has 1 aromatic heterocycles. The Labute approximate surface area is 145 Å². The highest BCUT2D eigenvalue weighted by Gasteiger charge is 2.10. The summed E-state index contributed by atoms with van der Waals surface area (Å²) in [5, 5.41) is 6.88.